The molecule has 0 unspecified atom stereocenters. The summed E-state index contributed by atoms with van der Waals surface area (Å²) in [5.41, 5.74) is 0. The summed E-state index contributed by atoms with van der Waals surface area (Å²) in [5, 5.41) is 0. The third-order valence-electron chi connectivity index (χ3n) is 2.95. The van der Waals surface area contributed by atoms with Crippen LogP contribution in [0.4, 0.5) is 0 Å². The molecule has 2 nitrogen and oxygen atoms in total. The van der Waals surface area contributed by atoms with Gasteiger partial charge in [0.15, 0.2) is 0 Å². The van der Waals surface area contributed by atoms with Crippen molar-refractivity contribution < 1.29 is 224 Å². The molecule has 0 aliphatic rings. The van der Waals surface area contributed by atoms with Crippen molar-refractivity contribution in [3.05, 3.63) is 21.5 Å². The fourth-order valence-corrected chi connectivity index (χ4v) is 2.05. The van der Waals surface area contributed by atoms with Crippen LogP contribution in [-0.2, 0) is 211 Å². The van der Waals surface area contributed by atoms with Crippen molar-refractivity contribution in [1.29, 1.82) is 0 Å². The van der Waals surface area contributed by atoms with Crippen LogP contribution in [0.15, 0.2) is 0 Å². The van der Waals surface area contributed by atoms with Crippen LogP contribution in [0.25, 0.3) is 0 Å². The monoisotopic (exact) mass is 2890 g/mol. The Labute approximate surface area is 441 Å². The van der Waals surface area contributed by atoms with Crippen molar-refractivity contribution in [1.82, 2.24) is 9.80 Å². The van der Waals surface area contributed by atoms with Crippen LogP contribution in [0.3, 0.4) is 0 Å². The summed E-state index contributed by atoms with van der Waals surface area (Å²) in [5.74, 6) is 0. The molecule has 0 amide bonds. The summed E-state index contributed by atoms with van der Waals surface area (Å²) in [6.07, 6.45) is 9.30. The summed E-state index contributed by atoms with van der Waals surface area (Å²) in [6.45, 7) is 13.8. The van der Waals surface area contributed by atoms with Crippen molar-refractivity contribution in [2.24, 2.45) is 0 Å². The molecule has 0 aromatic rings. The zero-order valence-corrected chi connectivity index (χ0v) is 63.9. The average Bonchev–Trinajstić information content (AvgIpc) is 2.55. The van der Waals surface area contributed by atoms with Gasteiger partial charge in [0.25, 0.3) is 0 Å². The van der Waals surface area contributed by atoms with Crippen molar-refractivity contribution in [2.75, 3.05) is 26.2 Å². The normalized spacial score (nSPS) is 6.44. The zero-order valence-electron chi connectivity index (χ0n) is 21.5. The summed E-state index contributed by atoms with van der Waals surface area (Å²) in [6, 6.07) is 0. The van der Waals surface area contributed by atoms with Crippen LogP contribution in [0.5, 0.6) is 0 Å². The molecule has 0 aliphatic heterocycles. The molecule has 0 saturated heterocycles. The van der Waals surface area contributed by atoms with Crippen molar-refractivity contribution in [3.8, 4) is 0 Å². The van der Waals surface area contributed by atoms with E-state index >= 15 is 0 Å². The Morgan fingerprint density at radius 3 is 0.972 bits per heavy atom. The van der Waals surface area contributed by atoms with Gasteiger partial charge in [0.2, 0.25) is 0 Å². The maximum atomic E-state index is 3.55. The van der Waals surface area contributed by atoms with Gasteiger partial charge in [-0.2, -0.15) is 0 Å². The molecule has 0 atom stereocenters. The Morgan fingerprint density at radius 2 is 0.806 bits per heavy atom. The van der Waals surface area contributed by atoms with Crippen LogP contribution in [0, 0.1) is 21.5 Å². The van der Waals surface area contributed by atoms with Gasteiger partial charge in [-0.3, -0.25) is 0 Å². The minimum absolute atomic E-state index is 0. The second kappa shape index (κ2) is 111. The molecule has 0 N–H and O–H groups in total. The standard InChI is InChI=1S/C12H27N.C5H11N.CH3.I3.I2.HI.10W/c1-4-7-8-9-12-13(10-5-2)11-6-3;1-4-5-6(2)3;;1-3-2;1-2;;;;;;;;;;;/h4-12H2,1-3H3;2-5H2,1H3;1H3;;;1H;;;;;;;;;;/q;-2;2*-1;;;;;;;;;;;;. The average molecular weight is 2890 g/mol. The van der Waals surface area contributed by atoms with Gasteiger partial charge in [-0.1, -0.05) is 53.5 Å². The number of hydrogen-bond donors (Lipinski definition) is 0. The molecule has 0 rings (SSSR count). The fourth-order valence-electron chi connectivity index (χ4n) is 2.05. The second-order valence-electron chi connectivity index (χ2n) is 5.35. The summed E-state index contributed by atoms with van der Waals surface area (Å²) in [4.78, 5) is 4.29. The van der Waals surface area contributed by atoms with E-state index in [1.807, 2.05) is 0 Å². The Bertz CT molecular complexity index is 202. The Balaban J connectivity index is -0.0000000111. The first-order chi connectivity index (χ1) is 11.5. The smallest absolute Gasteiger partial charge is 0 e. The van der Waals surface area contributed by atoms with Gasteiger partial charge in [0.05, 0.1) is 0 Å². The molecule has 36 heavy (non-hydrogen) atoms. The molecule has 0 spiro atoms. The van der Waals surface area contributed by atoms with Crippen molar-refractivity contribution >= 4 is 98.4 Å². The maximum Gasteiger partial charge on any atom is 0 e. The van der Waals surface area contributed by atoms with E-state index in [-0.39, 0.29) is 242 Å². The number of hydrogen-bond acceptors (Lipinski definition) is 2. The molecule has 0 fully saturated rings. The van der Waals surface area contributed by atoms with Crippen molar-refractivity contribution in [3.63, 3.8) is 0 Å². The van der Waals surface area contributed by atoms with E-state index < -0.39 is 0 Å². The predicted octanol–water partition coefficient (Wildman–Crippen LogP) is 6.56. The number of rotatable bonds is 11. The largest absolute Gasteiger partial charge is 0.611 e. The van der Waals surface area contributed by atoms with E-state index in [0.717, 1.165) is 13.0 Å². The number of unbranched alkanes of at least 4 members (excludes halogenated alkanes) is 3. The first kappa shape index (κ1) is 103. The van der Waals surface area contributed by atoms with Crippen molar-refractivity contribution in [2.45, 2.75) is 72.6 Å². The zero-order chi connectivity index (χ0) is 19.6. The molecule has 0 bridgehead atoms. The Morgan fingerprint density at radius 1 is 0.528 bits per heavy atom. The molecule has 0 aliphatic carbocycles. The molecule has 0 saturated carbocycles. The Kier molecular flexibility index (Phi) is 318. The molecule has 18 heteroatoms. The van der Waals surface area contributed by atoms with Gasteiger partial charge in [0, 0.05) is 248 Å². The maximum absolute atomic E-state index is 3.55. The molecule has 0 radical (unpaired) electrons. The van der Waals surface area contributed by atoms with Crippen LogP contribution in [-0.4, -0.2) is 36.0 Å². The second-order valence-corrected chi connectivity index (χ2v) is 21.6. The van der Waals surface area contributed by atoms with Gasteiger partial charge in [0.1, 0.15) is 0 Å². The van der Waals surface area contributed by atoms with Gasteiger partial charge < -0.3 is 31.3 Å². The summed E-state index contributed by atoms with van der Waals surface area (Å²) < 4.78 is 0. The topological polar surface area (TPSA) is 6.48 Å². The molecular weight excluding hydrogens is 2840 g/mol. The fraction of sp³-hybridized carbons (Fsp3) is 0.833. The quantitative estimate of drug-likeness (QED) is 0.132. The van der Waals surface area contributed by atoms with Crippen LogP contribution in [0.1, 0.15) is 72.6 Å². The van der Waals surface area contributed by atoms with Gasteiger partial charge in [-0.25, -0.2) is 0 Å². The third-order valence-corrected chi connectivity index (χ3v) is 2.95. The Hall–Kier alpha value is 11.2. The minimum atomic E-state index is 0. The van der Waals surface area contributed by atoms with Gasteiger partial charge in [-0.05, 0) is 45.3 Å². The van der Waals surface area contributed by atoms with Crippen LogP contribution >= 0.6 is 98.4 Å². The molecule has 0 heterocycles. The molecule has 0 aromatic heterocycles. The SMILES string of the molecule is CCCCCCN(CCC)CCC.I.II.I[I-]I.[CH2-]N([CH2-])CCC.[CH3-].[W].[W].[W].[W].[W].[W].[W].[W].[W].[W]. The number of halogens is 6. The first-order valence-electron chi connectivity index (χ1n) is 8.65. The van der Waals surface area contributed by atoms with E-state index in [1.54, 1.807) is 4.90 Å². The van der Waals surface area contributed by atoms with Gasteiger partial charge >= 0.3 is 50.5 Å². The summed E-state index contributed by atoms with van der Waals surface area (Å²) >= 11 is 9.54. The van der Waals surface area contributed by atoms with Gasteiger partial charge in [-0.15, -0.1) is 24.0 Å². The third kappa shape index (κ3) is 129. The van der Waals surface area contributed by atoms with Crippen LogP contribution < -0.4 is 13.3 Å². The number of nitrogens with zero attached hydrogens (tertiary/aromatic N) is 2. The molecule has 0 aromatic carbocycles. The van der Waals surface area contributed by atoms with E-state index in [9.17, 15) is 0 Å². The molecular formula is C18H42I6N2W10-4. The van der Waals surface area contributed by atoms with Crippen LogP contribution in [0.2, 0.25) is 0 Å². The van der Waals surface area contributed by atoms with E-state index in [1.165, 1.54) is 58.2 Å². The first-order valence-corrected chi connectivity index (χ1v) is 27.5. The molecule has 230 valence electrons. The minimum Gasteiger partial charge on any atom is -0.611 e. The van der Waals surface area contributed by atoms with E-state index in [0.29, 0.717) is 13.3 Å². The van der Waals surface area contributed by atoms with E-state index in [4.69, 9.17) is 0 Å². The predicted molar refractivity (Wildman–Crippen MR) is 167 cm³/mol. The van der Waals surface area contributed by atoms with E-state index in [2.05, 4.69) is 121 Å². The summed E-state index contributed by atoms with van der Waals surface area (Å²) in [7, 11) is 7.10.